The first-order valence-electron chi connectivity index (χ1n) is 41.8. The molecular weight excluding hydrogens is 1570 g/mol. The van der Waals surface area contributed by atoms with Crippen molar-refractivity contribution in [1.82, 2.24) is 76.3 Å². The summed E-state index contributed by atoms with van der Waals surface area (Å²) in [5.41, 5.74) is 19.0. The lowest BCUT2D eigenvalue weighted by molar-refractivity contribution is 0.669. The number of imidazole rings is 6. The van der Waals surface area contributed by atoms with E-state index in [0.29, 0.717) is 52.0 Å². The third kappa shape index (κ3) is 9.78. The van der Waals surface area contributed by atoms with Crippen LogP contribution in [-0.4, -0.2) is 92.5 Å². The van der Waals surface area contributed by atoms with Crippen molar-refractivity contribution < 1.29 is 8.83 Å². The van der Waals surface area contributed by atoms with Gasteiger partial charge in [-0.2, -0.15) is 9.97 Å². The van der Waals surface area contributed by atoms with Crippen molar-refractivity contribution in [2.75, 3.05) is 0 Å². The summed E-state index contributed by atoms with van der Waals surface area (Å²) in [7, 11) is -7.47. The maximum Gasteiger partial charge on any atom is 0.241 e. The molecule has 0 fully saturated rings. The molecule has 18 nitrogen and oxygen atoms in total. The van der Waals surface area contributed by atoms with E-state index in [4.69, 9.17) is 53.7 Å². The smallest absolute Gasteiger partial charge is 0.241 e. The molecule has 0 aliphatic heterocycles. The predicted molar refractivity (Wildman–Crippen MR) is 504 cm³/mol. The maximum absolute atomic E-state index is 7.18. The molecule has 0 atom stereocenters. The van der Waals surface area contributed by atoms with Crippen molar-refractivity contribution in [2.45, 2.75) is 0 Å². The number of nitrogens with zero attached hydrogens (tertiary/aromatic N) is 16. The van der Waals surface area contributed by atoms with Crippen molar-refractivity contribution in [3.05, 3.63) is 388 Å². The van der Waals surface area contributed by atoms with Crippen molar-refractivity contribution in [3.63, 3.8) is 0 Å². The lowest BCUT2D eigenvalue weighted by atomic mass is 10.0. The van der Waals surface area contributed by atoms with E-state index in [2.05, 4.69) is 389 Å². The van der Waals surface area contributed by atoms with Gasteiger partial charge in [0, 0.05) is 37.5 Å². The standard InChI is InChI=1S/C105H64N16O2Si2/c1-5-30-67(31-6-1)124(68-32-7-2-8-33-68,71-58-61-94-77(64-71)74-40-15-27-53-92(74)122-94)101-112-99(120-90-51-25-22-48-87(90)117-84-46-20-17-43-79(84)107-104(117)120)110-100(113-101)121-91-52-26-23-49-88(91)118-85-60-57-66(63-80(85)108-105(118)121)65-56-59-82-76(62-65)72-38-13-18-44-81(72)115(82)97-109-98(119-89-50-24-21-47-86(89)116-83-45-19-16-42-78(83)106-103(116)119)114-102(111-97)125(69-34-9-3-10-35-69,70-36-11-4-12-37-70)95-55-29-41-75-73-39-14-28-54-93(73)123-96(75)95/h1-64H. The summed E-state index contributed by atoms with van der Waals surface area (Å²) in [5.74, 6) is 3.60. The molecule has 20 heteroatoms. The Morgan fingerprint density at radius 3 is 1.10 bits per heavy atom. The molecule has 11 heterocycles. The van der Waals surface area contributed by atoms with Crippen LogP contribution < -0.4 is 42.0 Å². The minimum atomic E-state index is -3.77. The van der Waals surface area contributed by atoms with Crippen LogP contribution in [0, 0.1) is 0 Å². The van der Waals surface area contributed by atoms with E-state index >= 15 is 0 Å². The van der Waals surface area contributed by atoms with Crippen LogP contribution in [0.25, 0.3) is 184 Å². The highest BCUT2D eigenvalue weighted by Crippen LogP contribution is 2.40. The van der Waals surface area contributed by atoms with Gasteiger partial charge in [0.15, 0.2) is 0 Å². The molecule has 27 rings (SSSR count). The van der Waals surface area contributed by atoms with Gasteiger partial charge in [-0.1, -0.05) is 279 Å². The Kier molecular flexibility index (Phi) is 14.5. The lowest BCUT2D eigenvalue weighted by Gasteiger charge is -2.32. The van der Waals surface area contributed by atoms with Crippen molar-refractivity contribution in [2.24, 2.45) is 0 Å². The summed E-state index contributed by atoms with van der Waals surface area (Å²) < 4.78 is 29.0. The minimum Gasteiger partial charge on any atom is -0.456 e. The Labute approximate surface area is 711 Å². The summed E-state index contributed by atoms with van der Waals surface area (Å²) in [6.45, 7) is 0. The molecule has 0 amide bonds. The van der Waals surface area contributed by atoms with E-state index in [-0.39, 0.29) is 0 Å². The van der Waals surface area contributed by atoms with Gasteiger partial charge in [0.2, 0.25) is 57.3 Å². The highest BCUT2D eigenvalue weighted by molar-refractivity contribution is 7.20. The summed E-state index contributed by atoms with van der Waals surface area (Å²) in [6.07, 6.45) is 0. The SMILES string of the molecule is c1ccc([Si](c2ccccc2)(c2ccc3oc4ccccc4c3c2)c2nc(-n3c4ccccc4n4c5ccccc5nc34)nc(-n3c4ccccc4n4c5ccc(-c6ccc7c(c6)c6ccccc6n7-c6nc(-n7c8ccccc8n8c9ccccc9nc78)nc([Si](c7ccccc7)(c7ccccc7)c7cccc8c7oc7ccccc78)n6)cc5nc34)n2)cc1. The second-order valence-corrected chi connectivity index (χ2v) is 39.4. The van der Waals surface area contributed by atoms with Crippen LogP contribution in [0.15, 0.2) is 397 Å². The Bertz CT molecular complexity index is 9100. The van der Waals surface area contributed by atoms with Gasteiger partial charge < -0.3 is 8.83 Å². The highest BCUT2D eigenvalue weighted by atomic mass is 28.3. The molecular formula is C105H64N16O2Si2. The molecule has 125 heavy (non-hydrogen) atoms. The number of hydrogen-bond donors (Lipinski definition) is 0. The van der Waals surface area contributed by atoms with Crippen LogP contribution in [0.2, 0.25) is 0 Å². The van der Waals surface area contributed by atoms with Crippen molar-refractivity contribution >= 4 is 207 Å². The zero-order valence-electron chi connectivity index (χ0n) is 66.4. The van der Waals surface area contributed by atoms with Crippen molar-refractivity contribution in [3.8, 4) is 34.9 Å². The first-order chi connectivity index (χ1) is 62.0. The van der Waals surface area contributed by atoms with E-state index < -0.39 is 16.1 Å². The minimum absolute atomic E-state index is 0.387. The molecule has 0 N–H and O–H groups in total. The average molecular weight is 1640 g/mol. The highest BCUT2D eigenvalue weighted by Gasteiger charge is 2.49. The van der Waals surface area contributed by atoms with Crippen LogP contribution in [0.4, 0.5) is 0 Å². The van der Waals surface area contributed by atoms with Crippen LogP contribution in [-0.2, 0) is 0 Å². The molecule has 0 spiro atoms. The number of fused-ring (bicyclic) bond motifs is 24. The van der Waals surface area contributed by atoms with Gasteiger partial charge in [0.05, 0.1) is 77.2 Å². The first kappa shape index (κ1) is 69.0. The van der Waals surface area contributed by atoms with E-state index in [1.54, 1.807) is 0 Å². The summed E-state index contributed by atoms with van der Waals surface area (Å²) >= 11 is 0. The zero-order valence-corrected chi connectivity index (χ0v) is 68.4. The lowest BCUT2D eigenvalue weighted by Crippen LogP contribution is -2.76. The van der Waals surface area contributed by atoms with Crippen LogP contribution in [0.1, 0.15) is 0 Å². The molecule has 0 aliphatic rings. The fourth-order valence-corrected chi connectivity index (χ4v) is 29.1. The number of rotatable bonds is 13. The Balaban J connectivity index is 0.682. The van der Waals surface area contributed by atoms with Gasteiger partial charge in [-0.25, -0.2) is 48.6 Å². The average Bonchev–Trinajstić information content (AvgIpc) is 1.60. The number of aromatic nitrogens is 16. The monoisotopic (exact) mass is 1640 g/mol. The zero-order chi connectivity index (χ0) is 81.7. The molecule has 0 unspecified atom stereocenters. The molecule has 16 aromatic carbocycles. The molecule has 0 bridgehead atoms. The fraction of sp³-hybridized carbons (Fsp3) is 0. The third-order valence-electron chi connectivity index (χ3n) is 25.6. The van der Waals surface area contributed by atoms with Gasteiger partial charge in [0.25, 0.3) is 0 Å². The molecule has 0 radical (unpaired) electrons. The Morgan fingerprint density at radius 2 is 0.568 bits per heavy atom. The molecule has 27 aromatic rings. The quantitative estimate of drug-likeness (QED) is 0.0793. The second-order valence-electron chi connectivity index (χ2n) is 32.1. The van der Waals surface area contributed by atoms with Crippen molar-refractivity contribution in [1.29, 1.82) is 0 Å². The van der Waals surface area contributed by atoms with Gasteiger partial charge in [-0.3, -0.25) is 17.8 Å². The number of hydrogen-bond acceptors (Lipinski definition) is 11. The van der Waals surface area contributed by atoms with Gasteiger partial charge in [-0.05, 0) is 146 Å². The molecule has 0 aliphatic carbocycles. The number of para-hydroxylation sites is 14. The second kappa shape index (κ2) is 26.3. The Morgan fingerprint density at radius 1 is 0.200 bits per heavy atom. The van der Waals surface area contributed by atoms with E-state index in [0.717, 1.165) is 174 Å². The van der Waals surface area contributed by atoms with Gasteiger partial charge in [-0.15, -0.1) is 0 Å². The maximum atomic E-state index is 7.18. The molecule has 0 saturated carbocycles. The van der Waals surface area contributed by atoms with Crippen LogP contribution in [0.3, 0.4) is 0 Å². The predicted octanol–water partition coefficient (Wildman–Crippen LogP) is 17.6. The number of benzene rings is 16. The molecule has 584 valence electrons. The fourth-order valence-electron chi connectivity index (χ4n) is 20.2. The normalized spacial score (nSPS) is 12.5. The van der Waals surface area contributed by atoms with E-state index in [1.165, 1.54) is 0 Å². The largest absolute Gasteiger partial charge is 0.456 e. The van der Waals surface area contributed by atoms with Gasteiger partial charge >= 0.3 is 0 Å². The summed E-state index contributed by atoms with van der Waals surface area (Å²) in [5, 5.41) is 12.5. The topological polar surface area (TPSA) is 175 Å². The Hall–Kier alpha value is -16.8. The number of furan rings is 2. The van der Waals surface area contributed by atoms with Gasteiger partial charge in [0.1, 0.15) is 33.2 Å². The molecule has 11 aromatic heterocycles. The summed E-state index contributed by atoms with van der Waals surface area (Å²) in [4.78, 5) is 52.3. The van der Waals surface area contributed by atoms with E-state index in [9.17, 15) is 0 Å². The van der Waals surface area contributed by atoms with E-state index in [1.807, 2.05) is 30.3 Å². The van der Waals surface area contributed by atoms with Crippen LogP contribution in [0.5, 0.6) is 0 Å². The summed E-state index contributed by atoms with van der Waals surface area (Å²) in [6, 6.07) is 137. The van der Waals surface area contributed by atoms with Crippen LogP contribution >= 0.6 is 0 Å². The third-order valence-corrected chi connectivity index (χ3v) is 34.5. The molecule has 0 saturated heterocycles. The first-order valence-corrected chi connectivity index (χ1v) is 45.8.